The van der Waals surface area contributed by atoms with Gasteiger partial charge in [0.05, 0.1) is 11.3 Å². The summed E-state index contributed by atoms with van der Waals surface area (Å²) in [4.78, 5) is 4.75. The highest BCUT2D eigenvalue weighted by Crippen LogP contribution is 2.35. The van der Waals surface area contributed by atoms with Crippen LogP contribution in [0.1, 0.15) is 24.7 Å². The lowest BCUT2D eigenvalue weighted by Crippen LogP contribution is -2.06. The number of aromatic nitrogens is 3. The van der Waals surface area contributed by atoms with Crippen LogP contribution in [0.25, 0.3) is 0 Å². The van der Waals surface area contributed by atoms with Gasteiger partial charge < -0.3 is 5.73 Å². The fourth-order valence-corrected chi connectivity index (χ4v) is 2.70. The third-order valence-electron chi connectivity index (χ3n) is 2.83. The number of rotatable bonds is 5. The first kappa shape index (κ1) is 15.7. The summed E-state index contributed by atoms with van der Waals surface area (Å²) in [6, 6.07) is 3.39. The molecule has 2 rings (SSSR count). The van der Waals surface area contributed by atoms with E-state index in [1.807, 2.05) is 6.92 Å². The molecule has 4 nitrogen and oxygen atoms in total. The van der Waals surface area contributed by atoms with Gasteiger partial charge in [-0.2, -0.15) is 18.3 Å². The van der Waals surface area contributed by atoms with Crippen molar-refractivity contribution in [3.05, 3.63) is 35.9 Å². The van der Waals surface area contributed by atoms with Crippen LogP contribution in [0.15, 0.2) is 29.4 Å². The van der Waals surface area contributed by atoms with Crippen molar-refractivity contribution < 1.29 is 13.2 Å². The number of nitrogens with zero attached hydrogens (tertiary/aromatic N) is 3. The minimum atomic E-state index is -4.38. The Morgan fingerprint density at radius 3 is 2.71 bits per heavy atom. The third kappa shape index (κ3) is 3.90. The standard InChI is InChI=1S/C13H15F3N4S/c1-2-5-20-12(18-8-19-20)7-21-11-4-3-9(6-10(11)17)13(14,15)16/h3-4,6,8H,2,5,7,17H2,1H3. The molecule has 0 aliphatic heterocycles. The van der Waals surface area contributed by atoms with Gasteiger partial charge in [-0.3, -0.25) is 0 Å². The second-order valence-electron chi connectivity index (χ2n) is 4.44. The van der Waals surface area contributed by atoms with Gasteiger partial charge in [0, 0.05) is 17.1 Å². The number of alkyl halides is 3. The Bertz CT molecular complexity index is 610. The maximum absolute atomic E-state index is 12.6. The molecule has 2 N–H and O–H groups in total. The van der Waals surface area contributed by atoms with E-state index in [0.717, 1.165) is 30.9 Å². The molecule has 0 bridgehead atoms. The summed E-state index contributed by atoms with van der Waals surface area (Å²) >= 11 is 1.35. The Hall–Kier alpha value is -1.70. The van der Waals surface area contributed by atoms with E-state index in [9.17, 15) is 13.2 Å². The molecular weight excluding hydrogens is 301 g/mol. The largest absolute Gasteiger partial charge is 0.416 e. The topological polar surface area (TPSA) is 56.7 Å². The van der Waals surface area contributed by atoms with Crippen molar-refractivity contribution in [1.29, 1.82) is 0 Å². The Morgan fingerprint density at radius 2 is 2.10 bits per heavy atom. The zero-order valence-electron chi connectivity index (χ0n) is 11.4. The molecular formula is C13H15F3N4S. The molecule has 1 aromatic heterocycles. The van der Waals surface area contributed by atoms with E-state index in [1.54, 1.807) is 4.68 Å². The molecule has 114 valence electrons. The number of anilines is 1. The maximum atomic E-state index is 12.6. The number of hydrogen-bond donors (Lipinski definition) is 1. The number of thioether (sulfide) groups is 1. The van der Waals surface area contributed by atoms with Crippen molar-refractivity contribution in [2.45, 2.75) is 36.7 Å². The van der Waals surface area contributed by atoms with Gasteiger partial charge in [0.1, 0.15) is 12.2 Å². The van der Waals surface area contributed by atoms with Gasteiger partial charge in [0.25, 0.3) is 0 Å². The highest BCUT2D eigenvalue weighted by atomic mass is 32.2. The number of nitrogens with two attached hydrogens (primary N) is 1. The zero-order valence-corrected chi connectivity index (χ0v) is 12.2. The molecule has 0 unspecified atom stereocenters. The summed E-state index contributed by atoms with van der Waals surface area (Å²) in [6.07, 6.45) is -1.97. The molecule has 0 saturated carbocycles. The fraction of sp³-hybridized carbons (Fsp3) is 0.385. The molecule has 21 heavy (non-hydrogen) atoms. The van der Waals surface area contributed by atoms with Gasteiger partial charge >= 0.3 is 6.18 Å². The molecule has 0 saturated heterocycles. The van der Waals surface area contributed by atoms with Crippen molar-refractivity contribution in [2.24, 2.45) is 0 Å². The van der Waals surface area contributed by atoms with Crippen LogP contribution in [0.4, 0.5) is 18.9 Å². The predicted octanol–water partition coefficient (Wildman–Crippen LogP) is 3.58. The van der Waals surface area contributed by atoms with Crippen LogP contribution in [-0.2, 0) is 18.5 Å². The van der Waals surface area contributed by atoms with Gasteiger partial charge in [-0.05, 0) is 24.6 Å². The average Bonchev–Trinajstić information content (AvgIpc) is 2.84. The van der Waals surface area contributed by atoms with Crippen molar-refractivity contribution in [1.82, 2.24) is 14.8 Å². The molecule has 0 atom stereocenters. The Kier molecular flexibility index (Phi) is 4.76. The summed E-state index contributed by atoms with van der Waals surface area (Å²) < 4.78 is 39.5. The van der Waals surface area contributed by atoms with Crippen LogP contribution in [-0.4, -0.2) is 14.8 Å². The van der Waals surface area contributed by atoms with Gasteiger partial charge in [-0.25, -0.2) is 9.67 Å². The van der Waals surface area contributed by atoms with Crippen molar-refractivity contribution >= 4 is 17.4 Å². The smallest absolute Gasteiger partial charge is 0.398 e. The van der Waals surface area contributed by atoms with E-state index in [2.05, 4.69) is 10.1 Å². The van der Waals surface area contributed by atoms with E-state index in [4.69, 9.17) is 5.73 Å². The molecule has 8 heteroatoms. The minimum Gasteiger partial charge on any atom is -0.398 e. The normalized spacial score (nSPS) is 11.8. The molecule has 1 heterocycles. The first-order valence-electron chi connectivity index (χ1n) is 6.38. The first-order chi connectivity index (χ1) is 9.91. The van der Waals surface area contributed by atoms with Crippen LogP contribution < -0.4 is 5.73 Å². The van der Waals surface area contributed by atoms with E-state index < -0.39 is 11.7 Å². The van der Waals surface area contributed by atoms with Gasteiger partial charge in [-0.15, -0.1) is 11.8 Å². The predicted molar refractivity (Wildman–Crippen MR) is 75.7 cm³/mol. The molecule has 0 spiro atoms. The lowest BCUT2D eigenvalue weighted by Gasteiger charge is -2.10. The first-order valence-corrected chi connectivity index (χ1v) is 7.36. The average molecular weight is 316 g/mol. The number of nitrogen functional groups attached to an aromatic ring is 1. The minimum absolute atomic E-state index is 0.122. The van der Waals surface area contributed by atoms with Crippen LogP contribution in [0.5, 0.6) is 0 Å². The highest BCUT2D eigenvalue weighted by Gasteiger charge is 2.30. The molecule has 2 aromatic rings. The zero-order chi connectivity index (χ0) is 15.5. The lowest BCUT2D eigenvalue weighted by molar-refractivity contribution is -0.137. The number of hydrogen-bond acceptors (Lipinski definition) is 4. The number of aryl methyl sites for hydroxylation is 1. The Labute approximate surface area is 124 Å². The van der Waals surface area contributed by atoms with Gasteiger partial charge in [0.15, 0.2) is 0 Å². The number of halogens is 3. The van der Waals surface area contributed by atoms with E-state index in [0.29, 0.717) is 10.6 Å². The Balaban J connectivity index is 2.08. The van der Waals surface area contributed by atoms with E-state index in [1.165, 1.54) is 24.2 Å². The summed E-state index contributed by atoms with van der Waals surface area (Å²) in [6.45, 7) is 2.80. The molecule has 0 radical (unpaired) electrons. The fourth-order valence-electron chi connectivity index (χ4n) is 1.80. The molecule has 1 aromatic carbocycles. The summed E-state index contributed by atoms with van der Waals surface area (Å²) in [5, 5.41) is 4.10. The molecule has 0 aliphatic rings. The second-order valence-corrected chi connectivity index (χ2v) is 5.46. The molecule has 0 fully saturated rings. The van der Waals surface area contributed by atoms with Crippen molar-refractivity contribution in [3.8, 4) is 0 Å². The third-order valence-corrected chi connectivity index (χ3v) is 3.91. The van der Waals surface area contributed by atoms with Gasteiger partial charge in [-0.1, -0.05) is 6.92 Å². The number of benzene rings is 1. The quantitative estimate of drug-likeness (QED) is 0.676. The van der Waals surface area contributed by atoms with E-state index >= 15 is 0 Å². The monoisotopic (exact) mass is 316 g/mol. The molecule has 0 amide bonds. The van der Waals surface area contributed by atoms with Crippen molar-refractivity contribution in [2.75, 3.05) is 5.73 Å². The van der Waals surface area contributed by atoms with Crippen LogP contribution >= 0.6 is 11.8 Å². The highest BCUT2D eigenvalue weighted by molar-refractivity contribution is 7.98. The van der Waals surface area contributed by atoms with Gasteiger partial charge in [0.2, 0.25) is 0 Å². The summed E-state index contributed by atoms with van der Waals surface area (Å²) in [5.41, 5.74) is 5.07. The SMILES string of the molecule is CCCn1ncnc1CSc1ccc(C(F)(F)F)cc1N. The lowest BCUT2D eigenvalue weighted by atomic mass is 10.2. The summed E-state index contributed by atoms with van der Waals surface area (Å²) in [7, 11) is 0. The van der Waals surface area contributed by atoms with Crippen molar-refractivity contribution in [3.63, 3.8) is 0 Å². The van der Waals surface area contributed by atoms with Crippen LogP contribution in [0.3, 0.4) is 0 Å². The van der Waals surface area contributed by atoms with Crippen LogP contribution in [0.2, 0.25) is 0 Å². The summed E-state index contributed by atoms with van der Waals surface area (Å²) in [5.74, 6) is 1.29. The second kappa shape index (κ2) is 6.38. The van der Waals surface area contributed by atoms with Crippen LogP contribution in [0, 0.1) is 0 Å². The van der Waals surface area contributed by atoms with E-state index in [-0.39, 0.29) is 5.69 Å². The maximum Gasteiger partial charge on any atom is 0.416 e. The molecule has 0 aliphatic carbocycles. The Morgan fingerprint density at radius 1 is 1.33 bits per heavy atom.